The first-order chi connectivity index (χ1) is 16.6. The summed E-state index contributed by atoms with van der Waals surface area (Å²) in [5.74, 6) is -0.798. The van der Waals surface area contributed by atoms with Crippen molar-refractivity contribution in [1.82, 2.24) is 15.5 Å². The highest BCUT2D eigenvalue weighted by molar-refractivity contribution is 9.10. The van der Waals surface area contributed by atoms with Gasteiger partial charge in [0.2, 0.25) is 0 Å². The van der Waals surface area contributed by atoms with Gasteiger partial charge in [-0.3, -0.25) is 9.69 Å². The summed E-state index contributed by atoms with van der Waals surface area (Å²) in [6, 6.07) is 5.43. The smallest absolute Gasteiger partial charge is 0.337 e. The number of rotatable bonds is 5. The van der Waals surface area contributed by atoms with Crippen LogP contribution in [0.4, 0.5) is 5.69 Å². The van der Waals surface area contributed by atoms with E-state index in [2.05, 4.69) is 41.9 Å². The number of oxime groups is 1. The Bertz CT molecular complexity index is 1140. The number of piperazine rings is 1. The van der Waals surface area contributed by atoms with E-state index in [4.69, 9.17) is 9.57 Å². The average molecular weight is 528 g/mol. The summed E-state index contributed by atoms with van der Waals surface area (Å²) in [4.78, 5) is 33.2. The number of anilines is 1. The minimum atomic E-state index is -0.406. The molecule has 3 N–H and O–H groups in total. The predicted octanol–water partition coefficient (Wildman–Crippen LogP) is 1.65. The molecule has 9 nitrogen and oxygen atoms in total. The largest absolute Gasteiger partial charge is 0.465 e. The molecular weight excluding hydrogens is 502 g/mol. The molecule has 3 aliphatic heterocycles. The number of nitrogens with zero attached hydrogens (tertiary/aromatic N) is 2. The second kappa shape index (κ2) is 9.73. The lowest BCUT2D eigenvalue weighted by atomic mass is 9.90. The zero-order valence-corrected chi connectivity index (χ0v) is 20.4. The Hall–Kier alpha value is -2.95. The van der Waals surface area contributed by atoms with E-state index in [1.165, 1.54) is 7.11 Å². The summed E-state index contributed by atoms with van der Waals surface area (Å²) < 4.78 is 5.68. The summed E-state index contributed by atoms with van der Waals surface area (Å²) in [5, 5.41) is 14.2. The number of fused-ring (bicyclic) bond motifs is 2. The minimum Gasteiger partial charge on any atom is -0.465 e. The van der Waals surface area contributed by atoms with Crippen LogP contribution < -0.4 is 16.0 Å². The number of ether oxygens (including phenoxy) is 1. The maximum absolute atomic E-state index is 13.0. The number of amides is 1. The number of esters is 1. The second-order valence-electron chi connectivity index (χ2n) is 8.44. The summed E-state index contributed by atoms with van der Waals surface area (Å²) in [6.45, 7) is 5.15. The van der Waals surface area contributed by atoms with Gasteiger partial charge in [0.1, 0.15) is 12.3 Å². The van der Waals surface area contributed by atoms with Crippen LogP contribution in [0.5, 0.6) is 0 Å². The fourth-order valence-corrected chi connectivity index (χ4v) is 5.13. The highest BCUT2D eigenvalue weighted by atomic mass is 79.9. The molecule has 10 heteroatoms. The number of halogens is 1. The maximum atomic E-state index is 13.0. The number of benzene rings is 1. The summed E-state index contributed by atoms with van der Waals surface area (Å²) in [7, 11) is 1.36. The molecule has 4 aliphatic rings. The molecule has 1 amide bonds. The molecule has 0 radical (unpaired) electrons. The van der Waals surface area contributed by atoms with Crippen LogP contribution in [-0.4, -0.2) is 75.0 Å². The van der Waals surface area contributed by atoms with Gasteiger partial charge in [-0.15, -0.1) is 0 Å². The Labute approximate surface area is 206 Å². The zero-order valence-electron chi connectivity index (χ0n) is 18.8. The minimum absolute atomic E-state index is 0.181. The first-order valence-corrected chi connectivity index (χ1v) is 12.1. The molecule has 0 spiro atoms. The van der Waals surface area contributed by atoms with Gasteiger partial charge in [-0.25, -0.2) is 4.79 Å². The molecule has 2 unspecified atom stereocenters. The standard InChI is InChI=1S/C24H26BrN5O4/c1-33-24(32)14-5-6-15-18(13-14)27-22(19-16-3-2-4-17(25)20(16)28-23(19)31)21(15)29-34-12-11-30-9-7-26-8-10-30/h2-6,13,15,18,26-27H,7-12H2,1H3,(H,28,31)/b22-19-,29-21+. The first kappa shape index (κ1) is 22.8. The van der Waals surface area contributed by atoms with Crippen molar-refractivity contribution >= 4 is 44.8 Å². The number of carbonyl (C=O) groups is 2. The lowest BCUT2D eigenvalue weighted by molar-refractivity contribution is -0.135. The van der Waals surface area contributed by atoms with E-state index >= 15 is 0 Å². The van der Waals surface area contributed by atoms with Gasteiger partial charge in [0.15, 0.2) is 0 Å². The molecule has 3 heterocycles. The number of para-hydroxylation sites is 1. The average Bonchev–Trinajstić information content (AvgIpc) is 3.38. The molecule has 178 valence electrons. The number of hydrogen-bond acceptors (Lipinski definition) is 8. The van der Waals surface area contributed by atoms with E-state index in [0.29, 0.717) is 29.2 Å². The lowest BCUT2D eigenvalue weighted by Gasteiger charge is -2.26. The number of methoxy groups -OCH3 is 1. The molecule has 1 aliphatic carbocycles. The van der Waals surface area contributed by atoms with Crippen LogP contribution in [0.3, 0.4) is 0 Å². The molecule has 1 aromatic rings. The van der Waals surface area contributed by atoms with Gasteiger partial charge in [0.25, 0.3) is 5.91 Å². The van der Waals surface area contributed by atoms with Crippen LogP contribution in [0.1, 0.15) is 5.56 Å². The van der Waals surface area contributed by atoms with Crippen molar-refractivity contribution in [3.8, 4) is 0 Å². The van der Waals surface area contributed by atoms with Crippen molar-refractivity contribution in [3.63, 3.8) is 0 Å². The summed E-state index contributed by atoms with van der Waals surface area (Å²) in [5.41, 5.74) is 3.73. The molecule has 2 saturated heterocycles. The van der Waals surface area contributed by atoms with Crippen molar-refractivity contribution in [3.05, 3.63) is 57.7 Å². The summed E-state index contributed by atoms with van der Waals surface area (Å²) >= 11 is 3.51. The molecule has 34 heavy (non-hydrogen) atoms. The first-order valence-electron chi connectivity index (χ1n) is 11.3. The fraction of sp³-hybridized carbons (Fsp3) is 0.375. The third kappa shape index (κ3) is 4.28. The third-order valence-electron chi connectivity index (χ3n) is 6.40. The zero-order chi connectivity index (χ0) is 23.7. The van der Waals surface area contributed by atoms with Gasteiger partial charge in [0.05, 0.1) is 35.7 Å². The van der Waals surface area contributed by atoms with Crippen molar-refractivity contribution in [2.45, 2.75) is 6.04 Å². The molecule has 0 saturated carbocycles. The molecule has 0 bridgehead atoms. The van der Waals surface area contributed by atoms with E-state index in [-0.39, 0.29) is 17.9 Å². The normalized spacial score (nSPS) is 27.1. The van der Waals surface area contributed by atoms with Crippen LogP contribution in [0, 0.1) is 5.92 Å². The molecule has 1 aromatic carbocycles. The topological polar surface area (TPSA) is 104 Å². The molecule has 5 rings (SSSR count). The number of allylic oxidation sites excluding steroid dienone is 1. The quantitative estimate of drug-likeness (QED) is 0.231. The Kier molecular flexibility index (Phi) is 6.53. The van der Waals surface area contributed by atoms with Gasteiger partial charge in [-0.2, -0.15) is 0 Å². The van der Waals surface area contributed by atoms with E-state index in [9.17, 15) is 9.59 Å². The van der Waals surface area contributed by atoms with Crippen LogP contribution in [-0.2, 0) is 19.2 Å². The van der Waals surface area contributed by atoms with Gasteiger partial charge in [-0.05, 0) is 28.1 Å². The Morgan fingerprint density at radius 2 is 2.12 bits per heavy atom. The van der Waals surface area contributed by atoms with Crippen molar-refractivity contribution < 1.29 is 19.2 Å². The highest BCUT2D eigenvalue weighted by Gasteiger charge is 2.41. The van der Waals surface area contributed by atoms with E-state index in [0.717, 1.165) is 48.4 Å². The molecule has 2 atom stereocenters. The van der Waals surface area contributed by atoms with Crippen LogP contribution in [0.25, 0.3) is 5.57 Å². The number of nitrogens with one attached hydrogen (secondary N) is 3. The Morgan fingerprint density at radius 3 is 2.91 bits per heavy atom. The number of carbonyl (C=O) groups excluding carboxylic acids is 2. The SMILES string of the molecule is COC(=O)C1=CC2NC(=C3\C(=O)Nc4c(Br)cccc43)/C(=N/OCCN3CCNCC3)C2C=C1. The van der Waals surface area contributed by atoms with Crippen LogP contribution >= 0.6 is 15.9 Å². The van der Waals surface area contributed by atoms with Crippen molar-refractivity contribution in [1.29, 1.82) is 0 Å². The highest BCUT2D eigenvalue weighted by Crippen LogP contribution is 2.41. The van der Waals surface area contributed by atoms with E-state index in [1.54, 1.807) is 6.08 Å². The monoisotopic (exact) mass is 527 g/mol. The van der Waals surface area contributed by atoms with Gasteiger partial charge >= 0.3 is 5.97 Å². The molecular formula is C24H26BrN5O4. The molecule has 2 fully saturated rings. The summed E-state index contributed by atoms with van der Waals surface area (Å²) in [6.07, 6.45) is 5.46. The Balaban J connectivity index is 1.47. The third-order valence-corrected chi connectivity index (χ3v) is 7.06. The van der Waals surface area contributed by atoms with E-state index in [1.807, 2.05) is 30.4 Å². The van der Waals surface area contributed by atoms with Crippen molar-refractivity contribution in [2.75, 3.05) is 51.8 Å². The van der Waals surface area contributed by atoms with Crippen LogP contribution in [0.2, 0.25) is 0 Å². The predicted molar refractivity (Wildman–Crippen MR) is 132 cm³/mol. The second-order valence-corrected chi connectivity index (χ2v) is 9.29. The maximum Gasteiger partial charge on any atom is 0.337 e. The van der Waals surface area contributed by atoms with Gasteiger partial charge in [0, 0.05) is 48.7 Å². The van der Waals surface area contributed by atoms with Gasteiger partial charge < -0.3 is 25.5 Å². The number of hydrogen-bond donors (Lipinski definition) is 3. The molecule has 0 aromatic heterocycles. The van der Waals surface area contributed by atoms with Gasteiger partial charge in [-0.1, -0.05) is 29.4 Å². The fourth-order valence-electron chi connectivity index (χ4n) is 4.67. The Morgan fingerprint density at radius 1 is 1.29 bits per heavy atom. The van der Waals surface area contributed by atoms with Crippen molar-refractivity contribution in [2.24, 2.45) is 11.1 Å². The lowest BCUT2D eigenvalue weighted by Crippen LogP contribution is -2.44. The van der Waals surface area contributed by atoms with E-state index < -0.39 is 5.97 Å². The van der Waals surface area contributed by atoms with Crippen LogP contribution in [0.15, 0.2) is 57.3 Å².